The van der Waals surface area contributed by atoms with Crippen molar-refractivity contribution in [3.63, 3.8) is 0 Å². The molecule has 6 aromatic rings. The van der Waals surface area contributed by atoms with Gasteiger partial charge >= 0.3 is 0 Å². The number of aromatic nitrogens is 6. The summed E-state index contributed by atoms with van der Waals surface area (Å²) in [6.07, 6.45) is 2.21. The van der Waals surface area contributed by atoms with Crippen molar-refractivity contribution in [3.8, 4) is 0 Å². The van der Waals surface area contributed by atoms with E-state index in [1.807, 2.05) is 45.2 Å². The molecular weight excluding hydrogens is 959 g/mol. The molecule has 4 heterocycles. The zero-order chi connectivity index (χ0) is 40.3. The summed E-state index contributed by atoms with van der Waals surface area (Å²) in [6, 6.07) is 7.90. The number of nitrogens with one attached hydrogen (secondary N) is 2. The van der Waals surface area contributed by atoms with Crippen LogP contribution < -0.4 is 32.9 Å². The Balaban J connectivity index is 0.000000211. The van der Waals surface area contributed by atoms with Gasteiger partial charge in [0, 0.05) is 27.3 Å². The molecule has 290 valence electrons. The van der Waals surface area contributed by atoms with Crippen LogP contribution in [-0.2, 0) is 14.1 Å². The molecule has 0 radical (unpaired) electrons. The molecule has 0 unspecified atom stereocenters. The van der Waals surface area contributed by atoms with Crippen molar-refractivity contribution in [1.82, 2.24) is 28.2 Å². The Hall–Kier alpha value is -4.69. The van der Waals surface area contributed by atoms with Gasteiger partial charge in [-0.1, -0.05) is 0 Å². The van der Waals surface area contributed by atoms with Gasteiger partial charge in [0.15, 0.2) is 11.3 Å². The molecule has 2 aromatic carbocycles. The quantitative estimate of drug-likeness (QED) is 0.109. The average molecular weight is 990 g/mol. The van der Waals surface area contributed by atoms with Crippen LogP contribution in [0.3, 0.4) is 0 Å². The molecule has 4 aromatic heterocycles. The van der Waals surface area contributed by atoms with Crippen LogP contribution in [0.1, 0.15) is 12.1 Å². The van der Waals surface area contributed by atoms with Crippen molar-refractivity contribution in [3.05, 3.63) is 121 Å². The maximum absolute atomic E-state index is 14.8. The van der Waals surface area contributed by atoms with E-state index in [1.165, 1.54) is 49.0 Å². The van der Waals surface area contributed by atoms with Gasteiger partial charge in [0.1, 0.15) is 35.1 Å². The second-order valence-corrected chi connectivity index (χ2v) is 14.3. The second kappa shape index (κ2) is 17.4. The lowest BCUT2D eigenvalue weighted by Gasteiger charge is -2.18. The van der Waals surface area contributed by atoms with E-state index in [4.69, 9.17) is 0 Å². The van der Waals surface area contributed by atoms with Crippen LogP contribution >= 0.6 is 45.2 Å². The standard InChI is InChI=1S/C17H15F2IN4O4.C17H16FIN4O4/c1-23-15-12(16(27)24(7-21-15)9(5-25)6-26)14(13(19)17(23)28)22-11-3-2-8(20)4-10(11)18;1-22-14(26)5-13(21-12-3-2-9(19)4-11(12)18)15-16(22)20-8-23(17(15)27)10(6-24)7-25/h2-4,7,9,22,25-26H,5-6H2,1H3;2-5,8,10,21,24-25H,6-7H2,1H3. The highest BCUT2D eigenvalue weighted by atomic mass is 127. The van der Waals surface area contributed by atoms with Crippen LogP contribution in [-0.4, -0.2) is 75.1 Å². The highest BCUT2D eigenvalue weighted by molar-refractivity contribution is 14.1. The van der Waals surface area contributed by atoms with E-state index in [9.17, 15) is 52.8 Å². The fourth-order valence-electron chi connectivity index (χ4n) is 5.40. The second-order valence-electron chi connectivity index (χ2n) is 11.9. The monoisotopic (exact) mass is 990 g/mol. The molecule has 6 rings (SSSR count). The summed E-state index contributed by atoms with van der Waals surface area (Å²) in [5, 5.41) is 42.4. The van der Waals surface area contributed by atoms with E-state index in [1.54, 1.807) is 12.1 Å². The van der Waals surface area contributed by atoms with E-state index in [0.717, 1.165) is 26.4 Å². The van der Waals surface area contributed by atoms with Crippen LogP contribution in [0.4, 0.5) is 35.9 Å². The first-order chi connectivity index (χ1) is 26.2. The molecule has 0 spiro atoms. The van der Waals surface area contributed by atoms with E-state index in [2.05, 4.69) is 20.6 Å². The van der Waals surface area contributed by atoms with Crippen molar-refractivity contribution in [1.29, 1.82) is 0 Å². The van der Waals surface area contributed by atoms with Crippen LogP contribution in [0, 0.1) is 24.6 Å². The Bertz CT molecular complexity index is 2660. The van der Waals surface area contributed by atoms with Crippen molar-refractivity contribution in [2.75, 3.05) is 37.1 Å². The van der Waals surface area contributed by atoms with E-state index in [0.29, 0.717) is 7.14 Å². The van der Waals surface area contributed by atoms with Crippen LogP contribution in [0.15, 0.2) is 74.3 Å². The SMILES string of the molecule is Cn1c(=O)c(F)c(Nc2ccc(I)cc2F)c2c(=O)n(C(CO)CO)cnc21.Cn1c(=O)cc(Nc2ccc(I)cc2F)c2c(=O)n(C(CO)CO)cnc21. The van der Waals surface area contributed by atoms with Gasteiger partial charge in [-0.05, 0) is 81.6 Å². The highest BCUT2D eigenvalue weighted by Crippen LogP contribution is 2.28. The molecule has 21 heteroatoms. The number of rotatable bonds is 10. The Labute approximate surface area is 334 Å². The first kappa shape index (κ1) is 41.5. The fraction of sp³-hybridized carbons (Fsp3) is 0.235. The Morgan fingerprint density at radius 1 is 0.636 bits per heavy atom. The third-order valence-electron chi connectivity index (χ3n) is 8.44. The summed E-state index contributed by atoms with van der Waals surface area (Å²) >= 11 is 3.87. The first-order valence-electron chi connectivity index (χ1n) is 15.9. The minimum absolute atomic E-state index is 0.0458. The normalized spacial score (nSPS) is 11.4. The predicted molar refractivity (Wildman–Crippen MR) is 214 cm³/mol. The number of benzene rings is 2. The summed E-state index contributed by atoms with van der Waals surface area (Å²) < 4.78 is 48.6. The lowest BCUT2D eigenvalue weighted by atomic mass is 10.2. The van der Waals surface area contributed by atoms with Crippen LogP contribution in [0.25, 0.3) is 22.1 Å². The van der Waals surface area contributed by atoms with Crippen LogP contribution in [0.2, 0.25) is 0 Å². The molecule has 0 aliphatic rings. The van der Waals surface area contributed by atoms with Crippen LogP contribution in [0.5, 0.6) is 0 Å². The van der Waals surface area contributed by atoms with Gasteiger partial charge in [-0.2, -0.15) is 4.39 Å². The first-order valence-corrected chi connectivity index (χ1v) is 18.1. The van der Waals surface area contributed by atoms with E-state index in [-0.39, 0.29) is 39.1 Å². The predicted octanol–water partition coefficient (Wildman–Crippen LogP) is 2.36. The average Bonchev–Trinajstić information content (AvgIpc) is 3.15. The van der Waals surface area contributed by atoms with Crippen molar-refractivity contribution < 1.29 is 33.6 Å². The van der Waals surface area contributed by atoms with Crippen molar-refractivity contribution in [2.24, 2.45) is 14.1 Å². The zero-order valence-corrected chi connectivity index (χ0v) is 33.0. The summed E-state index contributed by atoms with van der Waals surface area (Å²) in [6.45, 7) is -2.06. The number of pyridine rings is 2. The minimum atomic E-state index is -1.28. The molecule has 0 saturated heterocycles. The topological polar surface area (TPSA) is 219 Å². The van der Waals surface area contributed by atoms with E-state index < -0.39 is 83.9 Å². The summed E-state index contributed by atoms with van der Waals surface area (Å²) in [7, 11) is 2.71. The summed E-state index contributed by atoms with van der Waals surface area (Å²) in [5.41, 5.74) is -3.35. The lowest BCUT2D eigenvalue weighted by molar-refractivity contribution is 0.151. The molecule has 6 N–H and O–H groups in total. The number of aliphatic hydroxyl groups is 4. The van der Waals surface area contributed by atoms with E-state index >= 15 is 0 Å². The smallest absolute Gasteiger partial charge is 0.290 e. The summed E-state index contributed by atoms with van der Waals surface area (Å²) in [4.78, 5) is 58.4. The molecule has 0 aliphatic heterocycles. The number of aryl methyl sites for hydroxylation is 2. The maximum atomic E-state index is 14.8. The zero-order valence-electron chi connectivity index (χ0n) is 28.7. The molecule has 0 atom stereocenters. The van der Waals surface area contributed by atoms with Gasteiger partial charge in [-0.15, -0.1) is 0 Å². The largest absolute Gasteiger partial charge is 0.394 e. The van der Waals surface area contributed by atoms with Gasteiger partial charge in [0.25, 0.3) is 22.2 Å². The Kier molecular flexibility index (Phi) is 13.1. The Morgan fingerprint density at radius 3 is 1.56 bits per heavy atom. The third kappa shape index (κ3) is 8.30. The number of fused-ring (bicyclic) bond motifs is 2. The van der Waals surface area contributed by atoms with Gasteiger partial charge in [-0.3, -0.25) is 37.4 Å². The minimum Gasteiger partial charge on any atom is -0.394 e. The molecule has 55 heavy (non-hydrogen) atoms. The van der Waals surface area contributed by atoms with Gasteiger partial charge in [0.2, 0.25) is 5.82 Å². The number of halogens is 5. The molecule has 16 nitrogen and oxygen atoms in total. The van der Waals surface area contributed by atoms with Gasteiger partial charge in [0.05, 0.1) is 61.3 Å². The number of anilines is 4. The fourth-order valence-corrected chi connectivity index (χ4v) is 6.31. The number of aliphatic hydroxyl groups excluding tert-OH is 4. The highest BCUT2D eigenvalue weighted by Gasteiger charge is 2.23. The number of nitrogens with zero attached hydrogens (tertiary/aromatic N) is 6. The molecule has 0 saturated carbocycles. The lowest BCUT2D eigenvalue weighted by Crippen LogP contribution is -2.33. The van der Waals surface area contributed by atoms with Gasteiger partial charge < -0.3 is 31.1 Å². The Morgan fingerprint density at radius 2 is 1.09 bits per heavy atom. The summed E-state index contributed by atoms with van der Waals surface area (Å²) in [5.74, 6) is -2.52. The van der Waals surface area contributed by atoms with Gasteiger partial charge in [-0.25, -0.2) is 18.7 Å². The molecule has 0 fully saturated rings. The molecular formula is C34H31F3I2N8O8. The van der Waals surface area contributed by atoms with Crippen molar-refractivity contribution in [2.45, 2.75) is 12.1 Å². The van der Waals surface area contributed by atoms with Crippen molar-refractivity contribution >= 4 is 90.0 Å². The maximum Gasteiger partial charge on any atom is 0.290 e. The molecule has 0 bridgehead atoms. The third-order valence-corrected chi connectivity index (χ3v) is 9.78. The number of hydrogen-bond acceptors (Lipinski definition) is 12. The molecule has 0 amide bonds. The molecule has 0 aliphatic carbocycles. The number of hydrogen-bond donors (Lipinski definition) is 6.